The molecule has 3 aliphatic rings. The number of aryl methyl sites for hydroxylation is 2. The molecule has 2 amide bonds. The number of nitrogens with one attached hydrogen (secondary N) is 2. The smallest absolute Gasteiger partial charge is 0.307 e. The number of hydrogen-bond acceptors (Lipinski definition) is 4. The van der Waals surface area contributed by atoms with Crippen molar-refractivity contribution < 1.29 is 13.2 Å². The molecule has 2 N–H and O–H groups in total. The van der Waals surface area contributed by atoms with Gasteiger partial charge in [-0.15, -0.1) is 0 Å². The van der Waals surface area contributed by atoms with Crippen LogP contribution in [0.2, 0.25) is 0 Å². The van der Waals surface area contributed by atoms with Crippen molar-refractivity contribution >= 4 is 21.7 Å². The lowest BCUT2D eigenvalue weighted by molar-refractivity contribution is 0.256. The van der Waals surface area contributed by atoms with Gasteiger partial charge in [-0.1, -0.05) is 13.0 Å². The van der Waals surface area contributed by atoms with Crippen LogP contribution in [0.15, 0.2) is 6.07 Å². The van der Waals surface area contributed by atoms with Gasteiger partial charge in [0.25, 0.3) is 0 Å². The lowest BCUT2D eigenvalue weighted by Gasteiger charge is -2.17. The maximum absolute atomic E-state index is 12.5. The molecule has 0 spiro atoms. The average molecular weight is 392 g/mol. The van der Waals surface area contributed by atoms with Gasteiger partial charge in [0, 0.05) is 12.2 Å². The van der Waals surface area contributed by atoms with Crippen LogP contribution in [-0.2, 0) is 35.7 Å². The number of urea groups is 1. The number of sulfonamides is 1. The van der Waals surface area contributed by atoms with E-state index in [9.17, 15) is 13.2 Å². The van der Waals surface area contributed by atoms with Crippen molar-refractivity contribution in [3.63, 3.8) is 0 Å². The van der Waals surface area contributed by atoms with Crippen molar-refractivity contribution in [2.24, 2.45) is 5.92 Å². The maximum atomic E-state index is 12.5. The molecule has 0 aromatic heterocycles. The lowest BCUT2D eigenvalue weighted by Crippen LogP contribution is -2.38. The first-order chi connectivity index (χ1) is 12.9. The van der Waals surface area contributed by atoms with Crippen LogP contribution in [0.25, 0.3) is 0 Å². The third-order valence-electron chi connectivity index (χ3n) is 6.23. The quantitative estimate of drug-likeness (QED) is 0.808. The summed E-state index contributed by atoms with van der Waals surface area (Å²) in [6, 6.07) is 1.68. The first-order valence-corrected chi connectivity index (χ1v) is 11.8. The van der Waals surface area contributed by atoms with Gasteiger partial charge < -0.3 is 10.2 Å². The normalized spacial score (nSPS) is 21.9. The first-order valence-electron chi connectivity index (χ1n) is 10.2. The van der Waals surface area contributed by atoms with Crippen LogP contribution in [0.5, 0.6) is 0 Å². The third kappa shape index (κ3) is 3.99. The number of amides is 2. The predicted octanol–water partition coefficient (Wildman–Crippen LogP) is 2.46. The van der Waals surface area contributed by atoms with E-state index in [1.807, 2.05) is 0 Å². The van der Waals surface area contributed by atoms with Gasteiger partial charge >= 0.3 is 6.03 Å². The van der Waals surface area contributed by atoms with Gasteiger partial charge in [0.15, 0.2) is 0 Å². The van der Waals surface area contributed by atoms with E-state index >= 15 is 0 Å². The molecular formula is C20H29N3O3S. The standard InChI is InChI=1S/C20H29N3O3S/c1-2-23-10-9-14(12-23)13-27(25,26)22-20(24)21-19-17-7-3-5-15(17)11-16-6-4-8-18(16)19/h11,14H,2-10,12-13H2,1H3,(H2,21,22,24). The zero-order valence-electron chi connectivity index (χ0n) is 16.0. The fourth-order valence-corrected chi connectivity index (χ4v) is 6.25. The molecular weight excluding hydrogens is 362 g/mol. The third-order valence-corrected chi connectivity index (χ3v) is 7.64. The molecule has 0 radical (unpaired) electrons. The Morgan fingerprint density at radius 1 is 1.15 bits per heavy atom. The number of fused-ring (bicyclic) bond motifs is 2. The summed E-state index contributed by atoms with van der Waals surface area (Å²) in [7, 11) is -3.63. The van der Waals surface area contributed by atoms with E-state index in [1.165, 1.54) is 22.3 Å². The molecule has 1 heterocycles. The number of benzene rings is 1. The molecule has 148 valence electrons. The monoisotopic (exact) mass is 391 g/mol. The number of carbonyl (C=O) groups excluding carboxylic acids is 1. The highest BCUT2D eigenvalue weighted by molar-refractivity contribution is 7.90. The molecule has 1 fully saturated rings. The van der Waals surface area contributed by atoms with E-state index in [1.54, 1.807) is 0 Å². The minimum Gasteiger partial charge on any atom is -0.307 e. The van der Waals surface area contributed by atoms with Crippen LogP contribution >= 0.6 is 0 Å². The van der Waals surface area contributed by atoms with Gasteiger partial charge in [0.1, 0.15) is 0 Å². The molecule has 2 aliphatic carbocycles. The van der Waals surface area contributed by atoms with Crippen LogP contribution in [0.4, 0.5) is 10.5 Å². The van der Waals surface area contributed by atoms with E-state index in [-0.39, 0.29) is 11.7 Å². The first kappa shape index (κ1) is 18.7. The Morgan fingerprint density at radius 2 is 1.81 bits per heavy atom. The molecule has 0 saturated carbocycles. The Morgan fingerprint density at radius 3 is 2.41 bits per heavy atom. The van der Waals surface area contributed by atoms with Crippen molar-refractivity contribution in [2.75, 3.05) is 30.7 Å². The van der Waals surface area contributed by atoms with Gasteiger partial charge in [-0.3, -0.25) is 0 Å². The number of rotatable bonds is 5. The van der Waals surface area contributed by atoms with Crippen molar-refractivity contribution in [3.05, 3.63) is 28.3 Å². The lowest BCUT2D eigenvalue weighted by atomic mass is 9.99. The van der Waals surface area contributed by atoms with Crippen molar-refractivity contribution in [1.29, 1.82) is 0 Å². The summed E-state index contributed by atoms with van der Waals surface area (Å²) in [5, 5.41) is 2.90. The second-order valence-corrected chi connectivity index (χ2v) is 9.89. The van der Waals surface area contributed by atoms with Gasteiger partial charge in [-0.2, -0.15) is 0 Å². The summed E-state index contributed by atoms with van der Waals surface area (Å²) in [6.45, 7) is 4.75. The molecule has 1 aromatic carbocycles. The molecule has 1 aromatic rings. The molecule has 1 unspecified atom stereocenters. The average Bonchev–Trinajstić information content (AvgIpc) is 3.33. The zero-order valence-corrected chi connectivity index (χ0v) is 16.8. The largest absolute Gasteiger partial charge is 0.332 e. The summed E-state index contributed by atoms with van der Waals surface area (Å²) in [6.07, 6.45) is 7.08. The number of likely N-dealkylation sites (tertiary alicyclic amines) is 1. The molecule has 27 heavy (non-hydrogen) atoms. The molecule has 1 atom stereocenters. The summed E-state index contributed by atoms with van der Waals surface area (Å²) >= 11 is 0. The summed E-state index contributed by atoms with van der Waals surface area (Å²) < 4.78 is 27.2. The van der Waals surface area contributed by atoms with Gasteiger partial charge in [-0.05, 0) is 86.2 Å². The van der Waals surface area contributed by atoms with Crippen LogP contribution in [0.1, 0.15) is 48.4 Å². The molecule has 1 saturated heterocycles. The highest BCUT2D eigenvalue weighted by Gasteiger charge is 2.29. The molecule has 1 aliphatic heterocycles. The SMILES string of the molecule is CCN1CCC(CS(=O)(=O)NC(=O)Nc2c3c(cc4c2CCC4)CCC3)C1. The summed E-state index contributed by atoms with van der Waals surface area (Å²) in [5.74, 6) is 0.113. The van der Waals surface area contributed by atoms with Gasteiger partial charge in [0.05, 0.1) is 5.75 Å². The van der Waals surface area contributed by atoms with Gasteiger partial charge in [0.2, 0.25) is 10.0 Å². The van der Waals surface area contributed by atoms with Crippen molar-refractivity contribution in [3.8, 4) is 0 Å². The molecule has 6 nitrogen and oxygen atoms in total. The minimum absolute atomic E-state index is 0.0158. The summed E-state index contributed by atoms with van der Waals surface area (Å²) in [5.41, 5.74) is 5.93. The molecule has 7 heteroatoms. The van der Waals surface area contributed by atoms with Crippen LogP contribution < -0.4 is 10.0 Å². The second kappa shape index (κ2) is 7.43. The van der Waals surface area contributed by atoms with E-state index in [0.29, 0.717) is 0 Å². The summed E-state index contributed by atoms with van der Waals surface area (Å²) in [4.78, 5) is 14.8. The Hall–Kier alpha value is -1.60. The Kier molecular flexibility index (Phi) is 5.16. The van der Waals surface area contributed by atoms with Gasteiger partial charge in [-0.25, -0.2) is 17.9 Å². The Labute approximate surface area is 161 Å². The van der Waals surface area contributed by atoms with Crippen molar-refractivity contribution in [1.82, 2.24) is 9.62 Å². The fraction of sp³-hybridized carbons (Fsp3) is 0.650. The maximum Gasteiger partial charge on any atom is 0.332 e. The minimum atomic E-state index is -3.63. The van der Waals surface area contributed by atoms with Crippen LogP contribution in [-0.4, -0.2) is 44.7 Å². The van der Waals surface area contributed by atoms with E-state index in [4.69, 9.17) is 0 Å². The number of hydrogen-bond donors (Lipinski definition) is 2. The van der Waals surface area contributed by atoms with E-state index in [0.717, 1.165) is 70.3 Å². The van der Waals surface area contributed by atoms with Crippen LogP contribution in [0, 0.1) is 5.92 Å². The van der Waals surface area contributed by atoms with Crippen molar-refractivity contribution in [2.45, 2.75) is 51.9 Å². The Bertz CT molecular complexity index is 818. The zero-order chi connectivity index (χ0) is 19.0. The number of nitrogens with zero attached hydrogens (tertiary/aromatic N) is 1. The number of anilines is 1. The van der Waals surface area contributed by atoms with E-state index < -0.39 is 16.1 Å². The second-order valence-electron chi connectivity index (χ2n) is 8.12. The van der Waals surface area contributed by atoms with Crippen LogP contribution in [0.3, 0.4) is 0 Å². The predicted molar refractivity (Wildman–Crippen MR) is 107 cm³/mol. The fourth-order valence-electron chi connectivity index (χ4n) is 4.94. The topological polar surface area (TPSA) is 78.5 Å². The highest BCUT2D eigenvalue weighted by atomic mass is 32.2. The van der Waals surface area contributed by atoms with E-state index in [2.05, 4.69) is 27.9 Å². The Balaban J connectivity index is 1.44. The molecule has 4 rings (SSSR count). The number of carbonyl (C=O) groups is 1. The molecule has 0 bridgehead atoms. The highest BCUT2D eigenvalue weighted by Crippen LogP contribution is 2.38.